The van der Waals surface area contributed by atoms with Crippen molar-refractivity contribution in [1.29, 1.82) is 0 Å². The highest BCUT2D eigenvalue weighted by molar-refractivity contribution is 5.71. The summed E-state index contributed by atoms with van der Waals surface area (Å²) in [5.74, 6) is 0. The van der Waals surface area contributed by atoms with Gasteiger partial charge in [-0.3, -0.25) is 4.79 Å². The maximum absolute atomic E-state index is 10.4. The minimum atomic E-state index is 0.171. The Labute approximate surface area is 49.8 Å². The number of nitrogens with one attached hydrogen (secondary N) is 1. The third-order valence-electron chi connectivity index (χ3n) is 1.02. The van der Waals surface area contributed by atoms with Gasteiger partial charge < -0.3 is 0 Å². The number of hydrogen-bond donors (Lipinski definition) is 1. The molecule has 48 valence electrons. The Kier molecular flexibility index (Phi) is 1.18. The van der Waals surface area contributed by atoms with Crippen LogP contribution in [0.2, 0.25) is 0 Å². The molecule has 0 aliphatic carbocycles. The molecule has 0 bridgehead atoms. The Balaban J connectivity index is 3.35. The van der Waals surface area contributed by atoms with Crippen LogP contribution < -0.4 is 4.60 Å². The SMILES string of the molecule is Cc1c(C=O)[nH]o[n+]1=O. The van der Waals surface area contributed by atoms with Gasteiger partial charge in [-0.25, -0.2) is 0 Å². The zero-order valence-corrected chi connectivity index (χ0v) is 4.75. The van der Waals surface area contributed by atoms with Gasteiger partial charge in [-0.05, 0) is 4.91 Å². The average Bonchev–Trinajstić information content (AvgIpc) is 2.15. The van der Waals surface area contributed by atoms with E-state index in [1.807, 2.05) is 0 Å². The summed E-state index contributed by atoms with van der Waals surface area (Å²) >= 11 is 0. The van der Waals surface area contributed by atoms with Crippen molar-refractivity contribution >= 4 is 6.29 Å². The minimum Gasteiger partial charge on any atom is -0.294 e. The normalized spacial score (nSPS) is 9.44. The quantitative estimate of drug-likeness (QED) is 0.526. The van der Waals surface area contributed by atoms with E-state index in [0.717, 1.165) is 0 Å². The summed E-state index contributed by atoms with van der Waals surface area (Å²) in [7, 11) is 0. The molecule has 0 radical (unpaired) electrons. The van der Waals surface area contributed by atoms with Crippen LogP contribution in [0.5, 0.6) is 0 Å². The van der Waals surface area contributed by atoms with Gasteiger partial charge >= 0.3 is 0 Å². The predicted molar refractivity (Wildman–Crippen MR) is 26.6 cm³/mol. The lowest BCUT2D eigenvalue weighted by Gasteiger charge is -1.64. The molecule has 1 aromatic rings. The van der Waals surface area contributed by atoms with Crippen LogP contribution in [-0.2, 0) is 0 Å². The van der Waals surface area contributed by atoms with Gasteiger partial charge in [0.25, 0.3) is 5.69 Å². The fourth-order valence-electron chi connectivity index (χ4n) is 0.441. The summed E-state index contributed by atoms with van der Waals surface area (Å²) < 4.78 is 4.43. The van der Waals surface area contributed by atoms with E-state index in [0.29, 0.717) is 6.29 Å². The molecule has 0 aliphatic heterocycles. The van der Waals surface area contributed by atoms with Gasteiger partial charge in [-0.1, -0.05) is 9.79 Å². The third-order valence-corrected chi connectivity index (χ3v) is 1.02. The van der Waals surface area contributed by atoms with Crippen LogP contribution in [0.25, 0.3) is 0 Å². The van der Waals surface area contributed by atoms with E-state index in [4.69, 9.17) is 0 Å². The molecule has 1 N–H and O–H groups in total. The highest BCUT2D eigenvalue weighted by atomic mass is 16.7. The molecule has 5 nitrogen and oxygen atoms in total. The van der Waals surface area contributed by atoms with E-state index < -0.39 is 0 Å². The largest absolute Gasteiger partial charge is 0.294 e. The topological polar surface area (TPSA) is 69.0 Å². The molecule has 0 aliphatic rings. The summed E-state index contributed by atoms with van der Waals surface area (Å²) in [5, 5.41) is 2.13. The Morgan fingerprint density at radius 2 is 2.44 bits per heavy atom. The van der Waals surface area contributed by atoms with E-state index in [-0.39, 0.29) is 16.0 Å². The number of aromatic amines is 1. The highest BCUT2D eigenvalue weighted by Gasteiger charge is 2.12. The molecule has 5 heteroatoms. The lowest BCUT2D eigenvalue weighted by molar-refractivity contribution is -0.718. The Morgan fingerprint density at radius 1 is 1.78 bits per heavy atom. The first-order valence-corrected chi connectivity index (χ1v) is 2.32. The summed E-state index contributed by atoms with van der Waals surface area (Å²) in [6.45, 7) is 1.48. The van der Waals surface area contributed by atoms with Crippen molar-refractivity contribution in [3.8, 4) is 0 Å². The van der Waals surface area contributed by atoms with Gasteiger partial charge in [0, 0.05) is 6.92 Å². The monoisotopic (exact) mass is 129 g/mol. The second-order valence-electron chi connectivity index (χ2n) is 1.57. The van der Waals surface area contributed by atoms with E-state index in [1.54, 1.807) is 0 Å². The molecule has 0 aromatic carbocycles. The van der Waals surface area contributed by atoms with Crippen LogP contribution >= 0.6 is 0 Å². The molecule has 9 heavy (non-hydrogen) atoms. The summed E-state index contributed by atoms with van der Waals surface area (Å²) in [6.07, 6.45) is 0.521. The van der Waals surface area contributed by atoms with Gasteiger partial charge in [0.15, 0.2) is 10.9 Å². The first kappa shape index (κ1) is 5.74. The molecule has 1 aromatic heterocycles. The number of nitrogens with zero attached hydrogens (tertiary/aromatic N) is 1. The zero-order valence-electron chi connectivity index (χ0n) is 4.75. The number of H-pyrrole nitrogens is 1. The maximum Gasteiger partial charge on any atom is 0.254 e. The van der Waals surface area contributed by atoms with Gasteiger partial charge in [0.2, 0.25) is 5.69 Å². The van der Waals surface area contributed by atoms with Crippen molar-refractivity contribution in [3.05, 3.63) is 16.3 Å². The number of aromatic nitrogens is 2. The Morgan fingerprint density at radius 3 is 2.67 bits per heavy atom. The number of carbonyl (C=O) groups is 1. The number of hydrogen-bond acceptors (Lipinski definition) is 3. The number of rotatable bonds is 1. The number of aldehydes is 1. The summed E-state index contributed by atoms with van der Waals surface area (Å²) in [4.78, 5) is 20.4. The first-order chi connectivity index (χ1) is 4.25. The molecule has 1 heterocycles. The molecular formula is C4H5N2O3+. The summed E-state index contributed by atoms with van der Waals surface area (Å²) in [5.41, 5.74) is 0.412. The molecule has 0 amide bonds. The Hall–Kier alpha value is -1.39. The van der Waals surface area contributed by atoms with Crippen molar-refractivity contribution in [2.75, 3.05) is 0 Å². The summed E-state index contributed by atoms with van der Waals surface area (Å²) in [6, 6.07) is 0. The van der Waals surface area contributed by atoms with Crippen molar-refractivity contribution in [2.24, 2.45) is 0 Å². The number of carbonyl (C=O) groups excluding carboxylic acids is 1. The molecule has 0 fully saturated rings. The van der Waals surface area contributed by atoms with E-state index in [9.17, 15) is 9.70 Å². The van der Waals surface area contributed by atoms with E-state index >= 15 is 0 Å². The molecule has 0 unspecified atom stereocenters. The van der Waals surface area contributed by atoms with Gasteiger partial charge in [-0.15, -0.1) is 0 Å². The van der Waals surface area contributed by atoms with Gasteiger partial charge in [0.1, 0.15) is 0 Å². The van der Waals surface area contributed by atoms with Crippen LogP contribution in [0.1, 0.15) is 16.2 Å². The molecular weight excluding hydrogens is 124 g/mol. The van der Waals surface area contributed by atoms with Crippen molar-refractivity contribution in [3.63, 3.8) is 0 Å². The average molecular weight is 129 g/mol. The van der Waals surface area contributed by atoms with Gasteiger partial charge in [0.05, 0.1) is 0 Å². The van der Waals surface area contributed by atoms with Crippen LogP contribution in [-0.4, -0.2) is 11.4 Å². The van der Waals surface area contributed by atoms with Crippen LogP contribution in [0.4, 0.5) is 0 Å². The highest BCUT2D eigenvalue weighted by Crippen LogP contribution is 1.89. The standard InChI is InChI=1S/C4H5N2O3/c1-3-4(2-7)5-9-6(3)8/h2,5H,1H3/q+1. The van der Waals surface area contributed by atoms with E-state index in [2.05, 4.69) is 9.79 Å². The smallest absolute Gasteiger partial charge is 0.254 e. The second-order valence-corrected chi connectivity index (χ2v) is 1.57. The molecule has 0 atom stereocenters. The third kappa shape index (κ3) is 0.758. The molecule has 0 saturated heterocycles. The predicted octanol–water partition coefficient (Wildman–Crippen LogP) is -0.357. The molecule has 0 saturated carbocycles. The lowest BCUT2D eigenvalue weighted by Crippen LogP contribution is -2.12. The van der Waals surface area contributed by atoms with Crippen LogP contribution in [0.3, 0.4) is 0 Å². The minimum absolute atomic E-state index is 0.171. The van der Waals surface area contributed by atoms with E-state index in [1.165, 1.54) is 6.92 Å². The Bertz CT molecular complexity index is 272. The second kappa shape index (κ2) is 1.85. The maximum atomic E-state index is 10.4. The van der Waals surface area contributed by atoms with Crippen LogP contribution in [0.15, 0.2) is 4.63 Å². The molecule has 1 rings (SSSR count). The molecule has 0 spiro atoms. The van der Waals surface area contributed by atoms with Crippen molar-refractivity contribution in [1.82, 2.24) is 5.16 Å². The fraction of sp³-hybridized carbons (Fsp3) is 0.250. The zero-order chi connectivity index (χ0) is 6.85. The lowest BCUT2D eigenvalue weighted by atomic mass is 10.4. The van der Waals surface area contributed by atoms with Crippen molar-refractivity contribution in [2.45, 2.75) is 6.92 Å². The fourth-order valence-corrected chi connectivity index (χ4v) is 0.441. The van der Waals surface area contributed by atoms with Crippen molar-refractivity contribution < 1.29 is 14.0 Å². The van der Waals surface area contributed by atoms with Crippen LogP contribution in [0, 0.1) is 11.8 Å². The van der Waals surface area contributed by atoms with Gasteiger partial charge in [-0.2, -0.15) is 0 Å². The first-order valence-electron chi connectivity index (χ1n) is 2.32.